The van der Waals surface area contributed by atoms with Gasteiger partial charge in [0.2, 0.25) is 5.95 Å². The van der Waals surface area contributed by atoms with Crippen LogP contribution in [0.1, 0.15) is 5.56 Å². The highest BCUT2D eigenvalue weighted by Gasteiger charge is 1.96. The third-order valence-corrected chi connectivity index (χ3v) is 2.63. The monoisotopic (exact) mass is 250 g/mol. The molecule has 2 aromatic rings. The highest BCUT2D eigenvalue weighted by atomic mass is 35.5. The number of nitrogens with zero attached hydrogens (tertiary/aromatic N) is 1. The summed E-state index contributed by atoms with van der Waals surface area (Å²) in [7, 11) is 0. The minimum atomic E-state index is -0.471. The van der Waals surface area contributed by atoms with Gasteiger partial charge in [0, 0.05) is 29.5 Å². The van der Waals surface area contributed by atoms with E-state index in [1.165, 1.54) is 17.8 Å². The van der Waals surface area contributed by atoms with Gasteiger partial charge in [-0.1, -0.05) is 23.7 Å². The van der Waals surface area contributed by atoms with Crippen LogP contribution in [-0.4, -0.2) is 11.5 Å². The first-order chi connectivity index (χ1) is 8.24. The molecule has 17 heavy (non-hydrogen) atoms. The minimum Gasteiger partial charge on any atom is -0.385 e. The first kappa shape index (κ1) is 11.9. The fourth-order valence-corrected chi connectivity index (χ4v) is 1.64. The average molecular weight is 251 g/mol. The van der Waals surface area contributed by atoms with Crippen LogP contribution >= 0.6 is 11.6 Å². The summed E-state index contributed by atoms with van der Waals surface area (Å²) in [6.07, 6.45) is 2.31. The maximum Gasteiger partial charge on any atom is 0.214 e. The Bertz CT molecular complexity index is 485. The summed E-state index contributed by atoms with van der Waals surface area (Å²) in [5.74, 6) is -0.471. The van der Waals surface area contributed by atoms with Gasteiger partial charge in [-0.15, -0.1) is 0 Å². The van der Waals surface area contributed by atoms with E-state index in [1.54, 1.807) is 6.07 Å². The van der Waals surface area contributed by atoms with Crippen molar-refractivity contribution in [2.75, 3.05) is 11.9 Å². The van der Waals surface area contributed by atoms with Gasteiger partial charge in [-0.2, -0.15) is 4.39 Å². The number of hydrogen-bond acceptors (Lipinski definition) is 2. The Labute approximate surface area is 104 Å². The summed E-state index contributed by atoms with van der Waals surface area (Å²) >= 11 is 5.79. The normalized spacial score (nSPS) is 10.2. The standard InChI is InChI=1S/C13H12ClFN2/c14-11-3-1-10(2-4-11)5-7-16-12-6-8-17-13(15)9-12/h1-4,6,8-9H,5,7H2,(H,16,17). The number of benzene rings is 1. The summed E-state index contributed by atoms with van der Waals surface area (Å²) in [5, 5.41) is 3.87. The Morgan fingerprint density at radius 2 is 1.94 bits per heavy atom. The van der Waals surface area contributed by atoms with Crippen molar-refractivity contribution in [1.82, 2.24) is 4.98 Å². The van der Waals surface area contributed by atoms with Gasteiger partial charge in [-0.25, -0.2) is 4.98 Å². The Kier molecular flexibility index (Phi) is 3.94. The van der Waals surface area contributed by atoms with Crippen LogP contribution in [0.4, 0.5) is 10.1 Å². The van der Waals surface area contributed by atoms with E-state index in [2.05, 4.69) is 10.3 Å². The summed E-state index contributed by atoms with van der Waals surface area (Å²) < 4.78 is 12.8. The van der Waals surface area contributed by atoms with E-state index in [-0.39, 0.29) is 0 Å². The molecule has 0 aliphatic heterocycles. The minimum absolute atomic E-state index is 0.471. The average Bonchev–Trinajstić information content (AvgIpc) is 2.32. The van der Waals surface area contributed by atoms with Crippen molar-refractivity contribution >= 4 is 17.3 Å². The van der Waals surface area contributed by atoms with Crippen molar-refractivity contribution in [2.24, 2.45) is 0 Å². The molecular formula is C13H12ClFN2. The molecule has 0 fully saturated rings. The molecule has 1 heterocycles. The number of anilines is 1. The summed E-state index contributed by atoms with van der Waals surface area (Å²) in [4.78, 5) is 3.49. The predicted octanol–water partition coefficient (Wildman–Crippen LogP) is 3.53. The van der Waals surface area contributed by atoms with Gasteiger partial charge in [-0.3, -0.25) is 0 Å². The number of rotatable bonds is 4. The van der Waals surface area contributed by atoms with Crippen LogP contribution in [0.25, 0.3) is 0 Å². The van der Waals surface area contributed by atoms with Gasteiger partial charge in [0.15, 0.2) is 0 Å². The molecule has 0 atom stereocenters. The van der Waals surface area contributed by atoms with E-state index in [9.17, 15) is 4.39 Å². The van der Waals surface area contributed by atoms with Gasteiger partial charge in [0.1, 0.15) is 0 Å². The Morgan fingerprint density at radius 3 is 2.65 bits per heavy atom. The van der Waals surface area contributed by atoms with Crippen molar-refractivity contribution in [1.29, 1.82) is 0 Å². The number of nitrogens with one attached hydrogen (secondary N) is 1. The number of pyridine rings is 1. The molecule has 0 bridgehead atoms. The molecule has 2 rings (SSSR count). The molecule has 0 saturated carbocycles. The lowest BCUT2D eigenvalue weighted by Gasteiger charge is -2.06. The molecule has 88 valence electrons. The van der Waals surface area contributed by atoms with E-state index in [0.717, 1.165) is 23.7 Å². The molecule has 0 aliphatic rings. The van der Waals surface area contributed by atoms with Crippen LogP contribution < -0.4 is 5.32 Å². The van der Waals surface area contributed by atoms with Crippen molar-refractivity contribution in [2.45, 2.75) is 6.42 Å². The van der Waals surface area contributed by atoms with Crippen molar-refractivity contribution < 1.29 is 4.39 Å². The first-order valence-corrected chi connectivity index (χ1v) is 5.72. The van der Waals surface area contributed by atoms with E-state index >= 15 is 0 Å². The quantitative estimate of drug-likeness (QED) is 0.840. The predicted molar refractivity (Wildman–Crippen MR) is 67.8 cm³/mol. The second kappa shape index (κ2) is 5.64. The highest BCUT2D eigenvalue weighted by molar-refractivity contribution is 6.30. The highest BCUT2D eigenvalue weighted by Crippen LogP contribution is 2.11. The smallest absolute Gasteiger partial charge is 0.214 e. The molecule has 0 saturated heterocycles. The number of hydrogen-bond donors (Lipinski definition) is 1. The topological polar surface area (TPSA) is 24.9 Å². The molecule has 0 amide bonds. The lowest BCUT2D eigenvalue weighted by atomic mass is 10.1. The lowest BCUT2D eigenvalue weighted by molar-refractivity contribution is 0.584. The van der Waals surface area contributed by atoms with Crippen LogP contribution in [-0.2, 0) is 6.42 Å². The first-order valence-electron chi connectivity index (χ1n) is 5.34. The van der Waals surface area contributed by atoms with Crippen LogP contribution in [0.15, 0.2) is 42.6 Å². The SMILES string of the molecule is Fc1cc(NCCc2ccc(Cl)cc2)ccn1. The fourth-order valence-electron chi connectivity index (χ4n) is 1.51. The zero-order chi connectivity index (χ0) is 12.1. The van der Waals surface area contributed by atoms with Crippen molar-refractivity contribution in [3.8, 4) is 0 Å². The molecular weight excluding hydrogens is 239 g/mol. The molecule has 0 radical (unpaired) electrons. The number of aromatic nitrogens is 1. The second-order valence-electron chi connectivity index (χ2n) is 3.67. The third kappa shape index (κ3) is 3.71. The molecule has 4 heteroatoms. The molecule has 1 aromatic heterocycles. The zero-order valence-corrected chi connectivity index (χ0v) is 9.91. The Hall–Kier alpha value is -1.61. The Morgan fingerprint density at radius 1 is 1.18 bits per heavy atom. The largest absolute Gasteiger partial charge is 0.385 e. The van der Waals surface area contributed by atoms with E-state index < -0.39 is 5.95 Å². The second-order valence-corrected chi connectivity index (χ2v) is 4.11. The van der Waals surface area contributed by atoms with Crippen LogP contribution in [0, 0.1) is 5.95 Å². The Balaban J connectivity index is 1.85. The summed E-state index contributed by atoms with van der Waals surface area (Å²) in [6.45, 7) is 0.741. The third-order valence-electron chi connectivity index (χ3n) is 2.38. The molecule has 0 unspecified atom stereocenters. The van der Waals surface area contributed by atoms with Crippen molar-refractivity contribution in [3.63, 3.8) is 0 Å². The molecule has 2 nitrogen and oxygen atoms in total. The van der Waals surface area contributed by atoms with Crippen molar-refractivity contribution in [3.05, 3.63) is 59.1 Å². The number of halogens is 2. The zero-order valence-electron chi connectivity index (χ0n) is 9.16. The van der Waals surface area contributed by atoms with Gasteiger partial charge in [-0.05, 0) is 30.2 Å². The van der Waals surface area contributed by atoms with Crippen LogP contribution in [0.3, 0.4) is 0 Å². The maximum atomic E-state index is 12.8. The van der Waals surface area contributed by atoms with E-state index in [4.69, 9.17) is 11.6 Å². The lowest BCUT2D eigenvalue weighted by Crippen LogP contribution is -2.05. The van der Waals surface area contributed by atoms with Gasteiger partial charge in [0.05, 0.1) is 0 Å². The van der Waals surface area contributed by atoms with Gasteiger partial charge < -0.3 is 5.32 Å². The molecule has 0 aliphatic carbocycles. The van der Waals surface area contributed by atoms with Gasteiger partial charge in [0.25, 0.3) is 0 Å². The maximum absolute atomic E-state index is 12.8. The summed E-state index contributed by atoms with van der Waals surface area (Å²) in [5.41, 5.74) is 1.93. The fraction of sp³-hybridized carbons (Fsp3) is 0.154. The van der Waals surface area contributed by atoms with Crippen LogP contribution in [0.2, 0.25) is 5.02 Å². The summed E-state index contributed by atoms with van der Waals surface area (Å²) in [6, 6.07) is 10.8. The molecule has 0 spiro atoms. The van der Waals surface area contributed by atoms with Crippen LogP contribution in [0.5, 0.6) is 0 Å². The molecule has 1 aromatic carbocycles. The molecule has 1 N–H and O–H groups in total. The van der Waals surface area contributed by atoms with E-state index in [1.807, 2.05) is 24.3 Å². The van der Waals surface area contributed by atoms with Gasteiger partial charge >= 0.3 is 0 Å². The van der Waals surface area contributed by atoms with E-state index in [0.29, 0.717) is 0 Å².